The van der Waals surface area contributed by atoms with Crippen LogP contribution in [-0.2, 0) is 0 Å². The molecule has 0 aliphatic heterocycles. The highest BCUT2D eigenvalue weighted by atomic mass is 35.5. The van der Waals surface area contributed by atoms with Crippen molar-refractivity contribution in [2.45, 2.75) is 39.0 Å². The predicted octanol–water partition coefficient (Wildman–Crippen LogP) is 5.94. The van der Waals surface area contributed by atoms with E-state index in [-0.39, 0.29) is 5.91 Å². The second-order valence-electron chi connectivity index (χ2n) is 5.72. The Labute approximate surface area is 149 Å². The molecule has 3 nitrogen and oxygen atoms in total. The minimum atomic E-state index is -0.225. The fourth-order valence-corrected chi connectivity index (χ4v) is 2.62. The molecule has 0 saturated carbocycles. The summed E-state index contributed by atoms with van der Waals surface area (Å²) in [5.41, 5.74) is 1.16. The molecule has 0 saturated heterocycles. The molecule has 2 rings (SSSR count). The number of carbonyl (C=O) groups is 1. The number of ether oxygens (including phenoxy) is 1. The molecule has 24 heavy (non-hydrogen) atoms. The van der Waals surface area contributed by atoms with Crippen molar-refractivity contribution in [1.29, 1.82) is 0 Å². The van der Waals surface area contributed by atoms with Gasteiger partial charge in [0.1, 0.15) is 5.75 Å². The van der Waals surface area contributed by atoms with Crippen LogP contribution < -0.4 is 10.1 Å². The first kappa shape index (κ1) is 18.3. The number of hydrogen-bond acceptors (Lipinski definition) is 2. The summed E-state index contributed by atoms with van der Waals surface area (Å²) in [4.78, 5) is 12.3. The third kappa shape index (κ3) is 5.89. The van der Waals surface area contributed by atoms with E-state index in [0.717, 1.165) is 12.2 Å². The van der Waals surface area contributed by atoms with Crippen LogP contribution in [0.4, 0.5) is 5.69 Å². The summed E-state index contributed by atoms with van der Waals surface area (Å²) in [5, 5.41) is 3.29. The van der Waals surface area contributed by atoms with E-state index in [4.69, 9.17) is 16.3 Å². The monoisotopic (exact) mass is 345 g/mol. The zero-order valence-electron chi connectivity index (χ0n) is 14.1. The maximum absolute atomic E-state index is 12.3. The maximum Gasteiger partial charge on any atom is 0.257 e. The summed E-state index contributed by atoms with van der Waals surface area (Å²) >= 11 is 6.05. The molecular formula is C20H24ClNO2. The number of nitrogens with one attached hydrogen (secondary N) is 1. The quantitative estimate of drug-likeness (QED) is 0.571. The average molecular weight is 346 g/mol. The lowest BCUT2D eigenvalue weighted by atomic mass is 10.2. The standard InChI is InChI=1S/C20H24ClNO2/c1-2-3-4-5-8-14-24-17-11-9-10-16(15-17)22-20(23)18-12-6-7-13-19(18)21/h6-7,9-13,15H,2-5,8,14H2,1H3,(H,22,23). The topological polar surface area (TPSA) is 38.3 Å². The smallest absolute Gasteiger partial charge is 0.257 e. The zero-order chi connectivity index (χ0) is 17.2. The third-order valence-corrected chi connectivity index (χ3v) is 4.06. The van der Waals surface area contributed by atoms with Gasteiger partial charge in [0.2, 0.25) is 0 Å². The van der Waals surface area contributed by atoms with Crippen LogP contribution in [0.25, 0.3) is 0 Å². The van der Waals surface area contributed by atoms with Crippen LogP contribution in [-0.4, -0.2) is 12.5 Å². The summed E-state index contributed by atoms with van der Waals surface area (Å²) in [6.45, 7) is 2.91. The summed E-state index contributed by atoms with van der Waals surface area (Å²) in [6.07, 6.45) is 6.03. The number of halogens is 1. The van der Waals surface area contributed by atoms with Crippen molar-refractivity contribution in [3.63, 3.8) is 0 Å². The van der Waals surface area contributed by atoms with Crippen LogP contribution >= 0.6 is 11.6 Å². The van der Waals surface area contributed by atoms with Gasteiger partial charge in [-0.15, -0.1) is 0 Å². The molecule has 0 aromatic heterocycles. The first-order valence-corrected chi connectivity index (χ1v) is 8.87. The highest BCUT2D eigenvalue weighted by Crippen LogP contribution is 2.21. The molecule has 0 bridgehead atoms. The highest BCUT2D eigenvalue weighted by Gasteiger charge is 2.10. The van der Waals surface area contributed by atoms with E-state index in [1.54, 1.807) is 24.3 Å². The Morgan fingerprint density at radius 2 is 1.83 bits per heavy atom. The third-order valence-electron chi connectivity index (χ3n) is 3.73. The second kappa shape index (κ2) is 9.99. The number of unbranched alkanes of at least 4 members (excludes halogenated alkanes) is 4. The van der Waals surface area contributed by atoms with Crippen molar-refractivity contribution in [3.8, 4) is 5.75 Å². The molecule has 0 heterocycles. The number of rotatable bonds is 9. The molecule has 0 fully saturated rings. The van der Waals surface area contributed by atoms with E-state index in [1.807, 2.05) is 24.3 Å². The van der Waals surface area contributed by atoms with Crippen LogP contribution in [0.2, 0.25) is 5.02 Å². The molecule has 0 unspecified atom stereocenters. The van der Waals surface area contributed by atoms with Gasteiger partial charge in [0.05, 0.1) is 17.2 Å². The van der Waals surface area contributed by atoms with Gasteiger partial charge in [0.25, 0.3) is 5.91 Å². The van der Waals surface area contributed by atoms with E-state index in [2.05, 4.69) is 12.2 Å². The van der Waals surface area contributed by atoms with Crippen LogP contribution in [0.1, 0.15) is 49.4 Å². The highest BCUT2D eigenvalue weighted by molar-refractivity contribution is 6.34. The van der Waals surface area contributed by atoms with Crippen LogP contribution in [0.15, 0.2) is 48.5 Å². The molecule has 0 spiro atoms. The maximum atomic E-state index is 12.3. The summed E-state index contributed by atoms with van der Waals surface area (Å²) in [5.74, 6) is 0.541. The second-order valence-corrected chi connectivity index (χ2v) is 6.13. The number of carbonyl (C=O) groups excluding carboxylic acids is 1. The van der Waals surface area contributed by atoms with Crippen LogP contribution in [0.5, 0.6) is 5.75 Å². The first-order chi connectivity index (χ1) is 11.7. The van der Waals surface area contributed by atoms with Crippen molar-refractivity contribution in [3.05, 3.63) is 59.1 Å². The number of amides is 1. The Kier molecular flexibility index (Phi) is 7.63. The molecule has 2 aromatic carbocycles. The van der Waals surface area contributed by atoms with E-state index < -0.39 is 0 Å². The minimum absolute atomic E-state index is 0.225. The van der Waals surface area contributed by atoms with Gasteiger partial charge < -0.3 is 10.1 Å². The minimum Gasteiger partial charge on any atom is -0.494 e. The predicted molar refractivity (Wildman–Crippen MR) is 100 cm³/mol. The van der Waals surface area contributed by atoms with Gasteiger partial charge in [-0.05, 0) is 30.7 Å². The largest absolute Gasteiger partial charge is 0.494 e. The van der Waals surface area contributed by atoms with Gasteiger partial charge in [0, 0.05) is 11.8 Å². The van der Waals surface area contributed by atoms with Crippen molar-refractivity contribution in [2.75, 3.05) is 11.9 Å². The Hall–Kier alpha value is -2.00. The summed E-state index contributed by atoms with van der Waals surface area (Å²) in [7, 11) is 0. The molecular weight excluding hydrogens is 322 g/mol. The van der Waals surface area contributed by atoms with Crippen molar-refractivity contribution >= 4 is 23.2 Å². The van der Waals surface area contributed by atoms with Crippen molar-refractivity contribution < 1.29 is 9.53 Å². The number of anilines is 1. The lowest BCUT2D eigenvalue weighted by molar-refractivity contribution is 0.102. The van der Waals surface area contributed by atoms with Gasteiger partial charge in [-0.1, -0.05) is 62.4 Å². The van der Waals surface area contributed by atoms with Gasteiger partial charge in [-0.25, -0.2) is 0 Å². The Morgan fingerprint density at radius 3 is 2.62 bits per heavy atom. The molecule has 0 aliphatic carbocycles. The Morgan fingerprint density at radius 1 is 1.04 bits per heavy atom. The van der Waals surface area contributed by atoms with E-state index in [0.29, 0.717) is 22.9 Å². The average Bonchev–Trinajstić information content (AvgIpc) is 2.58. The van der Waals surface area contributed by atoms with Crippen LogP contribution in [0, 0.1) is 0 Å². The molecule has 2 aromatic rings. The SMILES string of the molecule is CCCCCCCOc1cccc(NC(=O)c2ccccc2Cl)c1. The van der Waals surface area contributed by atoms with E-state index in [1.165, 1.54) is 25.7 Å². The molecule has 1 N–H and O–H groups in total. The van der Waals surface area contributed by atoms with E-state index in [9.17, 15) is 4.79 Å². The van der Waals surface area contributed by atoms with Crippen molar-refractivity contribution in [1.82, 2.24) is 0 Å². The lowest BCUT2D eigenvalue weighted by Gasteiger charge is -2.10. The first-order valence-electron chi connectivity index (χ1n) is 8.49. The zero-order valence-corrected chi connectivity index (χ0v) is 14.8. The number of hydrogen-bond donors (Lipinski definition) is 1. The van der Waals surface area contributed by atoms with Gasteiger partial charge in [-0.2, -0.15) is 0 Å². The normalized spacial score (nSPS) is 10.4. The molecule has 128 valence electrons. The summed E-state index contributed by atoms with van der Waals surface area (Å²) in [6, 6.07) is 14.4. The molecule has 0 radical (unpaired) electrons. The van der Waals surface area contributed by atoms with Gasteiger partial charge >= 0.3 is 0 Å². The van der Waals surface area contributed by atoms with E-state index >= 15 is 0 Å². The molecule has 4 heteroatoms. The van der Waals surface area contributed by atoms with Gasteiger partial charge in [-0.3, -0.25) is 4.79 Å². The Bertz CT molecular complexity index is 658. The van der Waals surface area contributed by atoms with Gasteiger partial charge in [0.15, 0.2) is 0 Å². The lowest BCUT2D eigenvalue weighted by Crippen LogP contribution is -2.12. The van der Waals surface area contributed by atoms with Crippen LogP contribution in [0.3, 0.4) is 0 Å². The summed E-state index contributed by atoms with van der Waals surface area (Å²) < 4.78 is 5.76. The Balaban J connectivity index is 1.86. The fourth-order valence-electron chi connectivity index (χ4n) is 2.40. The molecule has 0 aliphatic rings. The fraction of sp³-hybridized carbons (Fsp3) is 0.350. The molecule has 1 amide bonds. The number of benzene rings is 2. The molecule has 0 atom stereocenters. The van der Waals surface area contributed by atoms with Crippen molar-refractivity contribution in [2.24, 2.45) is 0 Å².